The molecule has 0 aromatic carbocycles. The Bertz CT molecular complexity index is 832. The number of urea groups is 1. The van der Waals surface area contributed by atoms with Crippen LogP contribution >= 0.6 is 0 Å². The lowest BCUT2D eigenvalue weighted by Crippen LogP contribution is -2.50. The maximum Gasteiger partial charge on any atom is 0.332 e. The first-order chi connectivity index (χ1) is 10.6. The fraction of sp³-hybridized carbons (Fsp3) is 0.357. The van der Waals surface area contributed by atoms with Crippen LogP contribution in [0.2, 0.25) is 0 Å². The molecule has 0 saturated heterocycles. The third kappa shape index (κ3) is 1.95. The summed E-state index contributed by atoms with van der Waals surface area (Å²) in [6.45, 7) is 4.10. The monoisotopic (exact) mass is 304 g/mol. The van der Waals surface area contributed by atoms with E-state index >= 15 is 0 Å². The molecule has 0 bridgehead atoms. The van der Waals surface area contributed by atoms with Crippen molar-refractivity contribution < 1.29 is 9.21 Å². The molecule has 2 amide bonds. The average Bonchev–Trinajstić information content (AvgIpc) is 3.01. The minimum Gasteiger partial charge on any atom is -0.467 e. The predicted molar refractivity (Wildman–Crippen MR) is 79.0 cm³/mol. The molecule has 2 N–H and O–H groups in total. The highest BCUT2D eigenvalue weighted by Crippen LogP contribution is 2.28. The van der Waals surface area contributed by atoms with Gasteiger partial charge in [-0.2, -0.15) is 0 Å². The van der Waals surface area contributed by atoms with Gasteiger partial charge in [-0.25, -0.2) is 9.59 Å². The van der Waals surface area contributed by atoms with Crippen molar-refractivity contribution in [1.82, 2.24) is 14.5 Å². The topological polar surface area (TPSA) is 98.3 Å². The number of carbonyl (C=O) groups is 1. The summed E-state index contributed by atoms with van der Waals surface area (Å²) in [5.41, 5.74) is -0.562. The number of hydrogen-bond acceptors (Lipinski definition) is 4. The second-order valence-electron chi connectivity index (χ2n) is 4.89. The van der Waals surface area contributed by atoms with Gasteiger partial charge in [0, 0.05) is 13.1 Å². The predicted octanol–water partition coefficient (Wildman–Crippen LogP) is 0.867. The summed E-state index contributed by atoms with van der Waals surface area (Å²) in [5.74, 6) is 0.671. The Balaban J connectivity index is 2.36. The fourth-order valence-electron chi connectivity index (χ4n) is 2.70. The van der Waals surface area contributed by atoms with Crippen LogP contribution in [0.1, 0.15) is 31.2 Å². The summed E-state index contributed by atoms with van der Waals surface area (Å²) >= 11 is 0. The molecule has 0 radical (unpaired) electrons. The van der Waals surface area contributed by atoms with Crippen molar-refractivity contribution >= 4 is 11.8 Å². The van der Waals surface area contributed by atoms with Crippen LogP contribution in [0.15, 0.2) is 32.4 Å². The van der Waals surface area contributed by atoms with Crippen molar-refractivity contribution in [3.63, 3.8) is 0 Å². The molecular weight excluding hydrogens is 288 g/mol. The number of furan rings is 1. The second-order valence-corrected chi connectivity index (χ2v) is 4.89. The molecule has 1 aliphatic rings. The first kappa shape index (κ1) is 14.2. The van der Waals surface area contributed by atoms with Crippen molar-refractivity contribution in [3.05, 3.63) is 50.6 Å². The Morgan fingerprint density at radius 1 is 1.18 bits per heavy atom. The van der Waals surface area contributed by atoms with Crippen LogP contribution in [0, 0.1) is 0 Å². The molecule has 116 valence electrons. The van der Waals surface area contributed by atoms with Gasteiger partial charge in [0.25, 0.3) is 5.56 Å². The highest BCUT2D eigenvalue weighted by atomic mass is 16.3. The van der Waals surface area contributed by atoms with Crippen molar-refractivity contribution in [3.8, 4) is 0 Å². The maximum absolute atomic E-state index is 12.7. The highest BCUT2D eigenvalue weighted by molar-refractivity contribution is 5.92. The zero-order chi connectivity index (χ0) is 15.9. The van der Waals surface area contributed by atoms with Crippen molar-refractivity contribution in [2.24, 2.45) is 0 Å². The third-order valence-corrected chi connectivity index (χ3v) is 3.72. The van der Waals surface area contributed by atoms with Crippen LogP contribution in [0.4, 0.5) is 10.6 Å². The van der Waals surface area contributed by atoms with Crippen LogP contribution < -0.4 is 21.9 Å². The van der Waals surface area contributed by atoms with Gasteiger partial charge in [-0.1, -0.05) is 0 Å². The number of amides is 2. The smallest absolute Gasteiger partial charge is 0.332 e. The van der Waals surface area contributed by atoms with E-state index in [0.717, 1.165) is 4.57 Å². The minimum absolute atomic E-state index is 0.229. The van der Waals surface area contributed by atoms with E-state index < -0.39 is 23.3 Å². The number of aromatic nitrogens is 2. The van der Waals surface area contributed by atoms with Gasteiger partial charge >= 0.3 is 11.7 Å². The molecule has 1 unspecified atom stereocenters. The van der Waals surface area contributed by atoms with Crippen LogP contribution in [-0.4, -0.2) is 15.2 Å². The van der Waals surface area contributed by atoms with Gasteiger partial charge in [-0.15, -0.1) is 0 Å². The van der Waals surface area contributed by atoms with Gasteiger partial charge in [-0.3, -0.25) is 19.2 Å². The minimum atomic E-state index is -0.720. The summed E-state index contributed by atoms with van der Waals surface area (Å²) in [7, 11) is 0. The van der Waals surface area contributed by atoms with Crippen molar-refractivity contribution in [2.75, 3.05) is 5.32 Å². The van der Waals surface area contributed by atoms with E-state index in [4.69, 9.17) is 4.42 Å². The molecule has 8 nitrogen and oxygen atoms in total. The van der Waals surface area contributed by atoms with E-state index in [1.54, 1.807) is 26.0 Å². The van der Waals surface area contributed by atoms with Gasteiger partial charge < -0.3 is 9.73 Å². The van der Waals surface area contributed by atoms with E-state index in [1.165, 1.54) is 10.8 Å². The zero-order valence-corrected chi connectivity index (χ0v) is 12.3. The van der Waals surface area contributed by atoms with Crippen molar-refractivity contribution in [1.29, 1.82) is 0 Å². The molecule has 8 heteroatoms. The number of hydrogen-bond donors (Lipinski definition) is 2. The average molecular weight is 304 g/mol. The quantitative estimate of drug-likeness (QED) is 0.879. The number of nitrogens with zero attached hydrogens (tertiary/aromatic N) is 2. The second kappa shape index (κ2) is 5.21. The molecule has 0 saturated carbocycles. The summed E-state index contributed by atoms with van der Waals surface area (Å²) in [6, 6.07) is 2.15. The summed E-state index contributed by atoms with van der Waals surface area (Å²) in [5, 5.41) is 5.23. The Kier molecular flexibility index (Phi) is 3.36. The van der Waals surface area contributed by atoms with Gasteiger partial charge in [0.1, 0.15) is 17.6 Å². The molecule has 1 atom stereocenters. The van der Waals surface area contributed by atoms with Crippen LogP contribution in [0.3, 0.4) is 0 Å². The Labute approximate surface area is 125 Å². The molecule has 2 aromatic heterocycles. The SMILES string of the molecule is CCn1c2c(c(=O)n(CC)c1=O)C(c1ccco1)NC(=O)N2. The van der Waals surface area contributed by atoms with Gasteiger partial charge in [0.15, 0.2) is 0 Å². The summed E-state index contributed by atoms with van der Waals surface area (Å²) < 4.78 is 7.87. The molecule has 3 rings (SSSR count). The van der Waals surface area contributed by atoms with Gasteiger partial charge in [-0.05, 0) is 26.0 Å². The van der Waals surface area contributed by atoms with Crippen LogP contribution in [0.5, 0.6) is 0 Å². The normalized spacial score (nSPS) is 16.8. The van der Waals surface area contributed by atoms with E-state index in [-0.39, 0.29) is 12.4 Å². The molecule has 22 heavy (non-hydrogen) atoms. The van der Waals surface area contributed by atoms with E-state index in [0.29, 0.717) is 17.9 Å². The lowest BCUT2D eigenvalue weighted by atomic mass is 10.0. The zero-order valence-electron chi connectivity index (χ0n) is 12.3. The molecule has 0 fully saturated rings. The molecular formula is C14H16N4O4. The fourth-order valence-corrected chi connectivity index (χ4v) is 2.70. The Morgan fingerprint density at radius 3 is 2.50 bits per heavy atom. The molecule has 2 aromatic rings. The van der Waals surface area contributed by atoms with Crippen LogP contribution in [-0.2, 0) is 13.1 Å². The number of nitrogens with one attached hydrogen (secondary N) is 2. The lowest BCUT2D eigenvalue weighted by Gasteiger charge is -2.28. The summed E-state index contributed by atoms with van der Waals surface area (Å²) in [4.78, 5) is 36.9. The van der Waals surface area contributed by atoms with E-state index in [1.807, 2.05) is 0 Å². The molecule has 0 spiro atoms. The molecule has 3 heterocycles. The Morgan fingerprint density at radius 2 is 1.91 bits per heavy atom. The third-order valence-electron chi connectivity index (χ3n) is 3.72. The van der Waals surface area contributed by atoms with E-state index in [9.17, 15) is 14.4 Å². The Hall–Kier alpha value is -2.77. The molecule has 0 aliphatic carbocycles. The number of carbonyl (C=O) groups excluding carboxylic acids is 1. The number of rotatable bonds is 3. The summed E-state index contributed by atoms with van der Waals surface area (Å²) in [6.07, 6.45) is 1.47. The van der Waals surface area contributed by atoms with Gasteiger partial charge in [0.05, 0.1) is 11.8 Å². The van der Waals surface area contributed by atoms with Crippen molar-refractivity contribution in [2.45, 2.75) is 33.0 Å². The first-order valence-corrected chi connectivity index (χ1v) is 7.06. The standard InChI is InChI=1S/C14H16N4O4/c1-3-17-11-9(12(19)18(4-2)14(17)21)10(15-13(20)16-11)8-6-5-7-22-8/h5-7,10H,3-4H2,1-2H3,(H2,15,16,20). The highest BCUT2D eigenvalue weighted by Gasteiger charge is 2.33. The lowest BCUT2D eigenvalue weighted by molar-refractivity contribution is 0.246. The van der Waals surface area contributed by atoms with Gasteiger partial charge in [0.2, 0.25) is 0 Å². The number of anilines is 1. The van der Waals surface area contributed by atoms with E-state index in [2.05, 4.69) is 10.6 Å². The van der Waals surface area contributed by atoms with Crippen LogP contribution in [0.25, 0.3) is 0 Å². The number of fused-ring (bicyclic) bond motifs is 1. The first-order valence-electron chi connectivity index (χ1n) is 7.06. The largest absolute Gasteiger partial charge is 0.467 e. The maximum atomic E-state index is 12.7. The molecule has 1 aliphatic heterocycles.